The van der Waals surface area contributed by atoms with Crippen LogP contribution in [0, 0.1) is 0 Å². The summed E-state index contributed by atoms with van der Waals surface area (Å²) in [5, 5.41) is 0. The van der Waals surface area contributed by atoms with Crippen LogP contribution in [0.25, 0.3) is 0 Å². The maximum atomic E-state index is 12.5. The Bertz CT molecular complexity index is 686. The van der Waals surface area contributed by atoms with Crippen molar-refractivity contribution < 1.29 is 9.53 Å². The Labute approximate surface area is 148 Å². The van der Waals surface area contributed by atoms with E-state index in [1.165, 1.54) is 0 Å². The van der Waals surface area contributed by atoms with Gasteiger partial charge < -0.3 is 19.5 Å². The number of amides is 1. The van der Waals surface area contributed by atoms with Gasteiger partial charge in [-0.25, -0.2) is 4.98 Å². The molecule has 25 heavy (non-hydrogen) atoms. The lowest BCUT2D eigenvalue weighted by Gasteiger charge is -2.32. The number of H-pyrrole nitrogens is 1. The summed E-state index contributed by atoms with van der Waals surface area (Å²) in [5.74, 6) is 0.943. The molecule has 0 aliphatic carbocycles. The standard InChI is InChI=1S/C18H25N5O2/c1-22(2)12-15-11-20-18(21-15)16-13-23(8-9-25-16)17(24)6-5-14-4-3-7-19-10-14/h3-4,7,10-11,16H,5-6,8-9,12-13H2,1-2H3,(H,20,21)/t16-/m0/s1. The van der Waals surface area contributed by atoms with Crippen LogP contribution in [0.3, 0.4) is 0 Å². The van der Waals surface area contributed by atoms with Gasteiger partial charge in [-0.2, -0.15) is 0 Å². The molecule has 134 valence electrons. The molecule has 0 radical (unpaired) electrons. The molecule has 1 N–H and O–H groups in total. The van der Waals surface area contributed by atoms with Gasteiger partial charge in [0.2, 0.25) is 5.91 Å². The van der Waals surface area contributed by atoms with Crippen LogP contribution in [0.4, 0.5) is 0 Å². The fourth-order valence-electron chi connectivity index (χ4n) is 2.96. The first-order chi connectivity index (χ1) is 12.1. The molecule has 1 fully saturated rings. The molecule has 0 bridgehead atoms. The number of hydrogen-bond acceptors (Lipinski definition) is 5. The summed E-state index contributed by atoms with van der Waals surface area (Å²) in [6, 6.07) is 3.89. The van der Waals surface area contributed by atoms with Gasteiger partial charge in [0, 0.05) is 43.8 Å². The highest BCUT2D eigenvalue weighted by atomic mass is 16.5. The third-order valence-corrected chi connectivity index (χ3v) is 4.21. The van der Waals surface area contributed by atoms with Crippen molar-refractivity contribution in [2.45, 2.75) is 25.5 Å². The third kappa shape index (κ3) is 4.87. The number of carbonyl (C=O) groups excluding carboxylic acids is 1. The first-order valence-electron chi connectivity index (χ1n) is 8.58. The molecular formula is C18H25N5O2. The van der Waals surface area contributed by atoms with Gasteiger partial charge in [-0.05, 0) is 32.1 Å². The van der Waals surface area contributed by atoms with Crippen LogP contribution >= 0.6 is 0 Å². The molecule has 7 heteroatoms. The Balaban J connectivity index is 1.55. The zero-order valence-electron chi connectivity index (χ0n) is 14.8. The molecule has 1 aliphatic heterocycles. The van der Waals surface area contributed by atoms with E-state index in [1.54, 1.807) is 6.20 Å². The Morgan fingerprint density at radius 3 is 3.08 bits per heavy atom. The summed E-state index contributed by atoms with van der Waals surface area (Å²) in [5.41, 5.74) is 2.13. The molecular weight excluding hydrogens is 318 g/mol. The van der Waals surface area contributed by atoms with Gasteiger partial charge in [-0.1, -0.05) is 6.07 Å². The molecule has 1 aliphatic rings. The average molecular weight is 343 g/mol. The van der Waals surface area contributed by atoms with Crippen LogP contribution < -0.4 is 0 Å². The molecule has 2 aromatic rings. The highest BCUT2D eigenvalue weighted by Crippen LogP contribution is 2.21. The number of aromatic nitrogens is 3. The van der Waals surface area contributed by atoms with Gasteiger partial charge >= 0.3 is 0 Å². The monoisotopic (exact) mass is 343 g/mol. The molecule has 2 aromatic heterocycles. The lowest BCUT2D eigenvalue weighted by Crippen LogP contribution is -2.42. The third-order valence-electron chi connectivity index (χ3n) is 4.21. The van der Waals surface area contributed by atoms with Crippen molar-refractivity contribution in [1.29, 1.82) is 0 Å². The van der Waals surface area contributed by atoms with Crippen molar-refractivity contribution in [3.63, 3.8) is 0 Å². The van der Waals surface area contributed by atoms with Crippen LogP contribution in [0.1, 0.15) is 29.6 Å². The maximum absolute atomic E-state index is 12.5. The van der Waals surface area contributed by atoms with Crippen molar-refractivity contribution in [2.24, 2.45) is 0 Å². The van der Waals surface area contributed by atoms with Gasteiger partial charge in [0.25, 0.3) is 0 Å². The number of hydrogen-bond donors (Lipinski definition) is 1. The van der Waals surface area contributed by atoms with Crippen molar-refractivity contribution in [3.05, 3.63) is 47.8 Å². The summed E-state index contributed by atoms with van der Waals surface area (Å²) < 4.78 is 5.81. The fraction of sp³-hybridized carbons (Fsp3) is 0.500. The van der Waals surface area contributed by atoms with Gasteiger partial charge in [0.05, 0.1) is 13.2 Å². The molecule has 1 saturated heterocycles. The van der Waals surface area contributed by atoms with Gasteiger partial charge in [0.15, 0.2) is 0 Å². The first kappa shape index (κ1) is 17.6. The van der Waals surface area contributed by atoms with Crippen molar-refractivity contribution in [2.75, 3.05) is 33.8 Å². The summed E-state index contributed by atoms with van der Waals surface area (Å²) in [4.78, 5) is 28.3. The second-order valence-corrected chi connectivity index (χ2v) is 6.59. The van der Waals surface area contributed by atoms with E-state index in [0.717, 1.165) is 23.6 Å². The molecule has 0 spiro atoms. The highest BCUT2D eigenvalue weighted by molar-refractivity contribution is 5.76. The minimum absolute atomic E-state index is 0.150. The second kappa shape index (κ2) is 8.22. The molecule has 1 amide bonds. The predicted molar refractivity (Wildman–Crippen MR) is 93.8 cm³/mol. The summed E-state index contributed by atoms with van der Waals surface area (Å²) in [6.07, 6.45) is 6.40. The number of aryl methyl sites for hydroxylation is 1. The van der Waals surface area contributed by atoms with E-state index in [2.05, 4.69) is 19.9 Å². The Hall–Kier alpha value is -2.25. The number of carbonyl (C=O) groups is 1. The lowest BCUT2D eigenvalue weighted by atomic mass is 10.1. The summed E-state index contributed by atoms with van der Waals surface area (Å²) in [6.45, 7) is 2.51. The molecule has 0 unspecified atom stereocenters. The van der Waals surface area contributed by atoms with E-state index in [4.69, 9.17) is 4.74 Å². The van der Waals surface area contributed by atoms with E-state index in [1.807, 2.05) is 43.5 Å². The Morgan fingerprint density at radius 2 is 2.32 bits per heavy atom. The topological polar surface area (TPSA) is 74.3 Å². The number of morpholine rings is 1. The number of aromatic amines is 1. The highest BCUT2D eigenvalue weighted by Gasteiger charge is 2.27. The zero-order valence-corrected chi connectivity index (χ0v) is 14.8. The van der Waals surface area contributed by atoms with E-state index < -0.39 is 0 Å². The molecule has 1 atom stereocenters. The number of nitrogens with one attached hydrogen (secondary N) is 1. The number of rotatable bonds is 6. The average Bonchev–Trinajstić information content (AvgIpc) is 3.08. The number of pyridine rings is 1. The van der Waals surface area contributed by atoms with Gasteiger partial charge in [-0.3, -0.25) is 9.78 Å². The molecule has 0 aromatic carbocycles. The predicted octanol–water partition coefficient (Wildman–Crippen LogP) is 1.40. The summed E-state index contributed by atoms with van der Waals surface area (Å²) >= 11 is 0. The van der Waals surface area contributed by atoms with Crippen LogP contribution in [0.2, 0.25) is 0 Å². The number of imidazole rings is 1. The minimum atomic E-state index is -0.188. The van der Waals surface area contributed by atoms with E-state index in [0.29, 0.717) is 32.5 Å². The first-order valence-corrected chi connectivity index (χ1v) is 8.58. The van der Waals surface area contributed by atoms with Crippen molar-refractivity contribution in [3.8, 4) is 0 Å². The Morgan fingerprint density at radius 1 is 1.44 bits per heavy atom. The fourth-order valence-corrected chi connectivity index (χ4v) is 2.96. The van der Waals surface area contributed by atoms with E-state index >= 15 is 0 Å². The van der Waals surface area contributed by atoms with Crippen LogP contribution in [0.5, 0.6) is 0 Å². The molecule has 0 saturated carbocycles. The van der Waals surface area contributed by atoms with Crippen molar-refractivity contribution >= 4 is 5.91 Å². The minimum Gasteiger partial charge on any atom is -0.367 e. The van der Waals surface area contributed by atoms with Crippen LogP contribution in [-0.4, -0.2) is 64.5 Å². The second-order valence-electron chi connectivity index (χ2n) is 6.59. The largest absolute Gasteiger partial charge is 0.367 e. The number of ether oxygens (including phenoxy) is 1. The van der Waals surface area contributed by atoms with Crippen LogP contribution in [-0.2, 0) is 22.5 Å². The van der Waals surface area contributed by atoms with Gasteiger partial charge in [0.1, 0.15) is 11.9 Å². The van der Waals surface area contributed by atoms with Crippen LogP contribution in [0.15, 0.2) is 30.7 Å². The van der Waals surface area contributed by atoms with Gasteiger partial charge in [-0.15, -0.1) is 0 Å². The summed E-state index contributed by atoms with van der Waals surface area (Å²) in [7, 11) is 4.03. The molecule has 3 rings (SSSR count). The normalized spacial score (nSPS) is 17.9. The zero-order chi connectivity index (χ0) is 17.6. The molecule has 7 nitrogen and oxygen atoms in total. The quantitative estimate of drug-likeness (QED) is 0.858. The maximum Gasteiger partial charge on any atom is 0.223 e. The number of nitrogens with zero attached hydrogens (tertiary/aromatic N) is 4. The van der Waals surface area contributed by atoms with Crippen molar-refractivity contribution in [1.82, 2.24) is 24.8 Å². The Kier molecular flexibility index (Phi) is 5.78. The van der Waals surface area contributed by atoms with E-state index in [-0.39, 0.29) is 12.0 Å². The van der Waals surface area contributed by atoms with E-state index in [9.17, 15) is 4.79 Å². The smallest absolute Gasteiger partial charge is 0.223 e. The molecule has 3 heterocycles. The SMILES string of the molecule is CN(C)Cc1cnc([C@@H]2CN(C(=O)CCc3cccnc3)CCO2)[nH]1. The lowest BCUT2D eigenvalue weighted by molar-refractivity contribution is -0.139.